The Hall–Kier alpha value is -1.26. The molecule has 5 heteroatoms. The number of carbonyl (C=O) groups is 2. The molecule has 114 valence electrons. The molecule has 1 aliphatic heterocycles. The summed E-state index contributed by atoms with van der Waals surface area (Å²) in [6, 6.07) is 0.173. The highest BCUT2D eigenvalue weighted by Gasteiger charge is 2.37. The van der Waals surface area contributed by atoms with Crippen LogP contribution in [0.3, 0.4) is 0 Å². The Kier molecular flexibility index (Phi) is 4.89. The molecule has 1 aliphatic carbocycles. The minimum atomic E-state index is -0.795. The van der Waals surface area contributed by atoms with Crippen molar-refractivity contribution in [3.63, 3.8) is 0 Å². The summed E-state index contributed by atoms with van der Waals surface area (Å²) in [6.45, 7) is 5.06. The summed E-state index contributed by atoms with van der Waals surface area (Å²) < 4.78 is 0. The first-order valence-corrected chi connectivity index (χ1v) is 7.75. The molecule has 20 heavy (non-hydrogen) atoms. The van der Waals surface area contributed by atoms with Gasteiger partial charge in [0.1, 0.15) is 0 Å². The van der Waals surface area contributed by atoms with E-state index in [1.54, 1.807) is 4.90 Å². The van der Waals surface area contributed by atoms with Crippen molar-refractivity contribution < 1.29 is 14.7 Å². The minimum absolute atomic E-state index is 0.0346. The Morgan fingerprint density at radius 2 is 1.85 bits per heavy atom. The predicted octanol–water partition coefficient (Wildman–Crippen LogP) is 2.32. The summed E-state index contributed by atoms with van der Waals surface area (Å²) >= 11 is 0. The maximum absolute atomic E-state index is 12.2. The highest BCUT2D eigenvalue weighted by molar-refractivity contribution is 5.77. The van der Waals surface area contributed by atoms with E-state index in [-0.39, 0.29) is 18.0 Å². The molecule has 2 amide bonds. The largest absolute Gasteiger partial charge is 0.481 e. The molecule has 0 aromatic heterocycles. The van der Waals surface area contributed by atoms with E-state index in [9.17, 15) is 9.59 Å². The topological polar surface area (TPSA) is 69.6 Å². The molecule has 0 aromatic carbocycles. The monoisotopic (exact) mass is 282 g/mol. The van der Waals surface area contributed by atoms with E-state index in [1.165, 1.54) is 19.3 Å². The second-order valence-electron chi connectivity index (χ2n) is 6.59. The van der Waals surface area contributed by atoms with E-state index in [0.717, 1.165) is 18.8 Å². The van der Waals surface area contributed by atoms with E-state index < -0.39 is 11.9 Å². The molecular weight excluding hydrogens is 256 g/mol. The fraction of sp³-hybridized carbons (Fsp3) is 0.867. The molecule has 0 radical (unpaired) electrons. The van der Waals surface area contributed by atoms with Crippen molar-refractivity contribution in [2.75, 3.05) is 13.1 Å². The fourth-order valence-electron chi connectivity index (χ4n) is 3.35. The summed E-state index contributed by atoms with van der Waals surface area (Å²) in [6.07, 6.45) is 5.66. The smallest absolute Gasteiger partial charge is 0.317 e. The highest BCUT2D eigenvalue weighted by Crippen LogP contribution is 2.25. The van der Waals surface area contributed by atoms with Gasteiger partial charge in [-0.25, -0.2) is 4.79 Å². The lowest BCUT2D eigenvalue weighted by Gasteiger charge is -2.22. The van der Waals surface area contributed by atoms with Crippen molar-refractivity contribution in [1.29, 1.82) is 0 Å². The Labute approximate surface area is 120 Å². The summed E-state index contributed by atoms with van der Waals surface area (Å²) in [5.41, 5.74) is 0. The van der Waals surface area contributed by atoms with Gasteiger partial charge in [0.2, 0.25) is 0 Å². The van der Waals surface area contributed by atoms with Crippen molar-refractivity contribution >= 4 is 12.0 Å². The summed E-state index contributed by atoms with van der Waals surface area (Å²) in [7, 11) is 0. The number of likely N-dealkylation sites (tertiary alicyclic amines) is 1. The number of nitrogens with one attached hydrogen (secondary N) is 1. The number of carboxylic acids is 1. The van der Waals surface area contributed by atoms with Crippen molar-refractivity contribution in [2.45, 2.75) is 52.0 Å². The highest BCUT2D eigenvalue weighted by atomic mass is 16.4. The number of carbonyl (C=O) groups excluding carboxylic acids is 1. The number of aliphatic carboxylic acids is 1. The average Bonchev–Trinajstić information content (AvgIpc) is 2.66. The molecule has 4 atom stereocenters. The molecule has 2 rings (SSSR count). The zero-order valence-electron chi connectivity index (χ0n) is 12.5. The van der Waals surface area contributed by atoms with Gasteiger partial charge in [0.25, 0.3) is 0 Å². The second-order valence-corrected chi connectivity index (χ2v) is 6.59. The van der Waals surface area contributed by atoms with Gasteiger partial charge in [-0.15, -0.1) is 0 Å². The van der Waals surface area contributed by atoms with Crippen LogP contribution >= 0.6 is 0 Å². The number of hydrogen-bond acceptors (Lipinski definition) is 2. The molecule has 5 nitrogen and oxygen atoms in total. The van der Waals surface area contributed by atoms with Crippen LogP contribution in [0.2, 0.25) is 0 Å². The maximum atomic E-state index is 12.2. The van der Waals surface area contributed by atoms with E-state index in [2.05, 4.69) is 12.2 Å². The Balaban J connectivity index is 1.84. The second kappa shape index (κ2) is 6.46. The van der Waals surface area contributed by atoms with E-state index in [1.807, 2.05) is 6.92 Å². The van der Waals surface area contributed by atoms with E-state index >= 15 is 0 Å². The fourth-order valence-corrected chi connectivity index (χ4v) is 3.35. The summed E-state index contributed by atoms with van der Waals surface area (Å²) in [4.78, 5) is 25.0. The van der Waals surface area contributed by atoms with E-state index in [4.69, 9.17) is 5.11 Å². The van der Waals surface area contributed by atoms with Crippen LogP contribution in [-0.2, 0) is 4.79 Å². The average molecular weight is 282 g/mol. The lowest BCUT2D eigenvalue weighted by atomic mass is 9.99. The zero-order valence-corrected chi connectivity index (χ0v) is 12.5. The maximum Gasteiger partial charge on any atom is 0.317 e. The SMILES string of the molecule is CC1CCCC(NC(=O)N2CC(C)C(C(=O)O)C2)CC1. The van der Waals surface area contributed by atoms with Gasteiger partial charge in [0.05, 0.1) is 5.92 Å². The van der Waals surface area contributed by atoms with E-state index in [0.29, 0.717) is 13.1 Å². The van der Waals surface area contributed by atoms with Gasteiger partial charge >= 0.3 is 12.0 Å². The Morgan fingerprint density at radius 3 is 2.50 bits per heavy atom. The van der Waals surface area contributed by atoms with Gasteiger partial charge in [-0.3, -0.25) is 4.79 Å². The van der Waals surface area contributed by atoms with Crippen molar-refractivity contribution in [3.05, 3.63) is 0 Å². The first kappa shape index (κ1) is 15.1. The number of rotatable bonds is 2. The standard InChI is InChI=1S/C15H26N2O3/c1-10-4-3-5-12(7-6-10)16-15(20)17-8-11(2)13(9-17)14(18)19/h10-13H,3-9H2,1-2H3,(H,16,20)(H,18,19). The van der Waals surface area contributed by atoms with Crippen LogP contribution in [-0.4, -0.2) is 41.1 Å². The van der Waals surface area contributed by atoms with Crippen LogP contribution in [0.5, 0.6) is 0 Å². The van der Waals surface area contributed by atoms with Crippen LogP contribution < -0.4 is 5.32 Å². The van der Waals surface area contributed by atoms with Gasteiger partial charge in [-0.2, -0.15) is 0 Å². The summed E-state index contributed by atoms with van der Waals surface area (Å²) in [5.74, 6) is -0.432. The normalized spacial score (nSPS) is 34.6. The predicted molar refractivity (Wildman–Crippen MR) is 76.4 cm³/mol. The van der Waals surface area contributed by atoms with Crippen molar-refractivity contribution in [1.82, 2.24) is 10.2 Å². The molecule has 2 fully saturated rings. The molecule has 1 heterocycles. The molecule has 0 bridgehead atoms. The van der Waals surface area contributed by atoms with Gasteiger partial charge in [0.15, 0.2) is 0 Å². The number of amides is 2. The minimum Gasteiger partial charge on any atom is -0.481 e. The van der Waals surface area contributed by atoms with Gasteiger partial charge in [-0.1, -0.05) is 26.7 Å². The molecule has 2 aliphatic rings. The van der Waals surface area contributed by atoms with Crippen LogP contribution in [0.1, 0.15) is 46.0 Å². The van der Waals surface area contributed by atoms with Crippen molar-refractivity contribution in [2.24, 2.45) is 17.8 Å². The third-order valence-corrected chi connectivity index (χ3v) is 4.80. The van der Waals surface area contributed by atoms with Gasteiger partial charge < -0.3 is 15.3 Å². The first-order valence-electron chi connectivity index (χ1n) is 7.75. The molecular formula is C15H26N2O3. The number of urea groups is 1. The molecule has 1 saturated carbocycles. The summed E-state index contributed by atoms with van der Waals surface area (Å²) in [5, 5.41) is 12.2. The van der Waals surface area contributed by atoms with Gasteiger partial charge in [0, 0.05) is 19.1 Å². The molecule has 0 aromatic rings. The molecule has 1 saturated heterocycles. The Morgan fingerprint density at radius 1 is 1.10 bits per heavy atom. The molecule has 2 N–H and O–H groups in total. The van der Waals surface area contributed by atoms with Crippen LogP contribution in [0.4, 0.5) is 4.79 Å². The molecule has 4 unspecified atom stereocenters. The van der Waals surface area contributed by atoms with Crippen molar-refractivity contribution in [3.8, 4) is 0 Å². The third-order valence-electron chi connectivity index (χ3n) is 4.80. The first-order chi connectivity index (χ1) is 9.47. The molecule has 0 spiro atoms. The van der Waals surface area contributed by atoms with Crippen LogP contribution in [0.15, 0.2) is 0 Å². The number of nitrogens with zero attached hydrogens (tertiary/aromatic N) is 1. The Bertz CT molecular complexity index is 372. The quantitative estimate of drug-likeness (QED) is 0.764. The lowest BCUT2D eigenvalue weighted by molar-refractivity contribution is -0.142. The van der Waals surface area contributed by atoms with Gasteiger partial charge in [-0.05, 0) is 31.1 Å². The lowest BCUT2D eigenvalue weighted by Crippen LogP contribution is -2.44. The number of hydrogen-bond donors (Lipinski definition) is 2. The van der Waals surface area contributed by atoms with Crippen LogP contribution in [0.25, 0.3) is 0 Å². The zero-order chi connectivity index (χ0) is 14.7. The number of carboxylic acid groups (broad SMARTS) is 1. The third kappa shape index (κ3) is 3.64. The van der Waals surface area contributed by atoms with Crippen LogP contribution in [0, 0.1) is 17.8 Å².